The third-order valence-corrected chi connectivity index (χ3v) is 10.8. The first-order valence-corrected chi connectivity index (χ1v) is 17.9. The molecular formula is C47H33N5. The van der Waals surface area contributed by atoms with E-state index in [1.165, 1.54) is 54.1 Å². The number of nitrogens with zero attached hydrogens (tertiary/aromatic N) is 3. The Balaban J connectivity index is 1.18. The lowest BCUT2D eigenvalue weighted by molar-refractivity contribution is 0.341. The molecule has 0 aliphatic carbocycles. The van der Waals surface area contributed by atoms with Gasteiger partial charge in [0.15, 0.2) is 6.29 Å². The van der Waals surface area contributed by atoms with E-state index in [1.807, 2.05) is 0 Å². The number of hydrogen-bond acceptors (Lipinski definition) is 3. The van der Waals surface area contributed by atoms with Crippen molar-refractivity contribution in [1.82, 2.24) is 19.8 Å². The van der Waals surface area contributed by atoms with Gasteiger partial charge in [0.25, 0.3) is 0 Å². The first-order chi connectivity index (χ1) is 25.8. The number of fused-ring (bicyclic) bond motifs is 8. The minimum atomic E-state index is -0.388. The van der Waals surface area contributed by atoms with Crippen LogP contribution in [0.5, 0.6) is 0 Å². The van der Waals surface area contributed by atoms with Crippen molar-refractivity contribution >= 4 is 71.0 Å². The summed E-state index contributed by atoms with van der Waals surface area (Å²) in [7, 11) is 0. The summed E-state index contributed by atoms with van der Waals surface area (Å²) in [6.45, 7) is 0. The summed E-state index contributed by atoms with van der Waals surface area (Å²) in [5, 5.41) is 17.4. The van der Waals surface area contributed by atoms with Gasteiger partial charge in [0, 0.05) is 32.8 Å². The summed E-state index contributed by atoms with van der Waals surface area (Å²) in [5.74, 6) is 0.868. The molecule has 2 N–H and O–H groups in total. The van der Waals surface area contributed by atoms with Gasteiger partial charge < -0.3 is 14.5 Å². The molecule has 0 radical (unpaired) electrons. The molecule has 1 aliphatic rings. The highest BCUT2D eigenvalue weighted by molar-refractivity contribution is 6.15. The van der Waals surface area contributed by atoms with E-state index in [9.17, 15) is 0 Å². The molecule has 11 rings (SSSR count). The van der Waals surface area contributed by atoms with Crippen molar-refractivity contribution in [3.05, 3.63) is 187 Å². The molecule has 5 heteroatoms. The van der Waals surface area contributed by atoms with Crippen molar-refractivity contribution in [3.63, 3.8) is 0 Å². The Labute approximate surface area is 300 Å². The molecule has 0 saturated carbocycles. The molecule has 0 fully saturated rings. The van der Waals surface area contributed by atoms with E-state index >= 15 is 0 Å². The van der Waals surface area contributed by atoms with Crippen LogP contribution >= 0.6 is 0 Å². The van der Waals surface area contributed by atoms with E-state index in [4.69, 9.17) is 4.99 Å². The Bertz CT molecular complexity index is 2980. The Morgan fingerprint density at radius 3 is 1.83 bits per heavy atom. The van der Waals surface area contributed by atoms with Gasteiger partial charge in [-0.3, -0.25) is 5.32 Å². The average molecular weight is 668 g/mol. The molecule has 3 heterocycles. The van der Waals surface area contributed by atoms with Crippen LogP contribution in [0.1, 0.15) is 23.6 Å². The average Bonchev–Trinajstić information content (AvgIpc) is 3.72. The fraction of sp³-hybridized carbons (Fsp3) is 0.0426. The third-order valence-electron chi connectivity index (χ3n) is 10.8. The number of rotatable bonds is 4. The molecule has 5 nitrogen and oxygen atoms in total. The number of para-hydroxylation sites is 2. The summed E-state index contributed by atoms with van der Waals surface area (Å²) in [5.41, 5.74) is 8.05. The lowest BCUT2D eigenvalue weighted by Gasteiger charge is -2.33. The summed E-state index contributed by atoms with van der Waals surface area (Å²) < 4.78 is 4.80. The van der Waals surface area contributed by atoms with Crippen LogP contribution in [0.2, 0.25) is 0 Å². The molecular weight excluding hydrogens is 635 g/mol. The lowest BCUT2D eigenvalue weighted by atomic mass is 10.0. The molecule has 0 amide bonds. The van der Waals surface area contributed by atoms with Crippen molar-refractivity contribution < 1.29 is 0 Å². The molecule has 10 aromatic rings. The fourth-order valence-corrected chi connectivity index (χ4v) is 8.39. The minimum absolute atomic E-state index is 0.164. The summed E-state index contributed by atoms with van der Waals surface area (Å²) in [6.07, 6.45) is -0.553. The van der Waals surface area contributed by atoms with Crippen LogP contribution in [0, 0.1) is 0 Å². The second-order valence-electron chi connectivity index (χ2n) is 13.7. The van der Waals surface area contributed by atoms with Crippen LogP contribution in [0.3, 0.4) is 0 Å². The largest absolute Gasteiger partial charge is 0.350 e. The van der Waals surface area contributed by atoms with Crippen molar-refractivity contribution in [2.45, 2.75) is 12.5 Å². The zero-order chi connectivity index (χ0) is 34.2. The number of aliphatic imine (C=N–C) groups is 1. The van der Waals surface area contributed by atoms with Crippen molar-refractivity contribution in [2.24, 2.45) is 4.99 Å². The van der Waals surface area contributed by atoms with Crippen LogP contribution in [0.4, 0.5) is 0 Å². The second kappa shape index (κ2) is 11.4. The third kappa shape index (κ3) is 4.43. The maximum absolute atomic E-state index is 5.51. The molecule has 2 unspecified atom stereocenters. The molecule has 0 bridgehead atoms. The van der Waals surface area contributed by atoms with Crippen LogP contribution in [0.25, 0.3) is 70.8 Å². The maximum atomic E-state index is 5.51. The SMILES string of the molecule is c1ccc(C2NC(c3cccc4ccccc34)=NC(n3c4ccc(-n5c6ccccc6c6ccccc65)cc4c4cc5ccccc5cc43)N2)cc1. The van der Waals surface area contributed by atoms with E-state index in [-0.39, 0.29) is 12.5 Å². The highest BCUT2D eigenvalue weighted by Gasteiger charge is 2.29. The zero-order valence-corrected chi connectivity index (χ0v) is 28.2. The smallest absolute Gasteiger partial charge is 0.184 e. The van der Waals surface area contributed by atoms with Crippen LogP contribution in [-0.2, 0) is 0 Å². The van der Waals surface area contributed by atoms with Crippen LogP contribution in [0.15, 0.2) is 181 Å². The Morgan fingerprint density at radius 2 is 1.06 bits per heavy atom. The standard InChI is InChI=1S/C47H33N5/c1-2-14-31(15-3-1)45-48-46(38-22-12-18-30-13-6-7-19-35(30)38)50-47(49-45)52-43-26-25-34(29-40(43)39-27-32-16-4-5-17-33(32)28-44(39)52)51-41-23-10-8-20-36(41)37-21-9-11-24-42(37)51/h1-29,45,47,49H,(H,48,50). The monoisotopic (exact) mass is 667 g/mol. The Morgan fingerprint density at radius 1 is 0.442 bits per heavy atom. The molecule has 1 aliphatic heterocycles. The van der Waals surface area contributed by atoms with Crippen LogP contribution in [-0.4, -0.2) is 15.0 Å². The molecule has 2 aromatic heterocycles. The number of benzene rings is 8. The van der Waals surface area contributed by atoms with E-state index in [0.717, 1.165) is 33.7 Å². The molecule has 0 spiro atoms. The lowest BCUT2D eigenvalue weighted by Crippen LogP contribution is -2.46. The van der Waals surface area contributed by atoms with Gasteiger partial charge in [0.05, 0.1) is 22.1 Å². The van der Waals surface area contributed by atoms with Crippen molar-refractivity contribution in [1.29, 1.82) is 0 Å². The zero-order valence-electron chi connectivity index (χ0n) is 28.2. The quantitative estimate of drug-likeness (QED) is 0.196. The molecule has 8 aromatic carbocycles. The van der Waals surface area contributed by atoms with E-state index < -0.39 is 0 Å². The van der Waals surface area contributed by atoms with Gasteiger partial charge in [-0.25, -0.2) is 4.99 Å². The van der Waals surface area contributed by atoms with E-state index in [0.29, 0.717) is 0 Å². The topological polar surface area (TPSA) is 46.3 Å². The van der Waals surface area contributed by atoms with Gasteiger partial charge in [-0.15, -0.1) is 0 Å². The predicted molar refractivity (Wildman–Crippen MR) is 216 cm³/mol. The summed E-state index contributed by atoms with van der Waals surface area (Å²) >= 11 is 0. The number of nitrogens with one attached hydrogen (secondary N) is 2. The molecule has 52 heavy (non-hydrogen) atoms. The highest BCUT2D eigenvalue weighted by Crippen LogP contribution is 2.39. The van der Waals surface area contributed by atoms with Gasteiger partial charge in [-0.2, -0.15) is 0 Å². The van der Waals surface area contributed by atoms with E-state index in [2.05, 4.69) is 196 Å². The first-order valence-electron chi connectivity index (χ1n) is 17.9. The van der Waals surface area contributed by atoms with Gasteiger partial charge in [0.2, 0.25) is 0 Å². The molecule has 2 atom stereocenters. The number of amidine groups is 1. The van der Waals surface area contributed by atoms with Crippen LogP contribution < -0.4 is 10.6 Å². The predicted octanol–water partition coefficient (Wildman–Crippen LogP) is 11.0. The summed E-state index contributed by atoms with van der Waals surface area (Å²) in [4.78, 5) is 5.51. The highest BCUT2D eigenvalue weighted by atomic mass is 15.4. The normalized spacial score (nSPS) is 16.3. The molecule has 246 valence electrons. The number of aromatic nitrogens is 2. The minimum Gasteiger partial charge on any atom is -0.350 e. The summed E-state index contributed by atoms with van der Waals surface area (Å²) in [6, 6.07) is 63.3. The van der Waals surface area contributed by atoms with Crippen molar-refractivity contribution in [2.75, 3.05) is 0 Å². The Kier molecular flexibility index (Phi) is 6.39. The first kappa shape index (κ1) is 29.1. The van der Waals surface area contributed by atoms with Gasteiger partial charge in [0.1, 0.15) is 12.0 Å². The van der Waals surface area contributed by atoms with Gasteiger partial charge >= 0.3 is 0 Å². The van der Waals surface area contributed by atoms with Gasteiger partial charge in [-0.05, 0) is 69.6 Å². The second-order valence-corrected chi connectivity index (χ2v) is 13.7. The molecule has 0 saturated heterocycles. The van der Waals surface area contributed by atoms with E-state index in [1.54, 1.807) is 0 Å². The maximum Gasteiger partial charge on any atom is 0.184 e. The van der Waals surface area contributed by atoms with Crippen molar-refractivity contribution in [3.8, 4) is 5.69 Å². The Hall–Kier alpha value is -6.69. The van der Waals surface area contributed by atoms with Gasteiger partial charge in [-0.1, -0.05) is 133 Å². The number of hydrogen-bond donors (Lipinski definition) is 2. The fourth-order valence-electron chi connectivity index (χ4n) is 8.39.